The van der Waals surface area contributed by atoms with E-state index in [4.69, 9.17) is 27.9 Å². The lowest BCUT2D eigenvalue weighted by atomic mass is 10.1. The highest BCUT2D eigenvalue weighted by atomic mass is 35.5. The van der Waals surface area contributed by atoms with Crippen LogP contribution in [0.15, 0.2) is 59.5 Å². The molecular formula is C28H24Cl2N2O4S. The van der Waals surface area contributed by atoms with Crippen molar-refractivity contribution in [2.24, 2.45) is 0 Å². The van der Waals surface area contributed by atoms with Crippen LogP contribution in [0.4, 0.5) is 10.5 Å². The molecule has 3 aromatic carbocycles. The molecule has 0 aliphatic carbocycles. The highest BCUT2D eigenvalue weighted by Crippen LogP contribution is 2.35. The monoisotopic (exact) mass is 554 g/mol. The first kappa shape index (κ1) is 26.8. The molecule has 0 unspecified atom stereocenters. The first-order valence-electron chi connectivity index (χ1n) is 11.4. The molecule has 1 aliphatic rings. The zero-order valence-electron chi connectivity index (χ0n) is 20.4. The van der Waals surface area contributed by atoms with Gasteiger partial charge in [0.15, 0.2) is 0 Å². The molecule has 1 saturated heterocycles. The molecule has 1 aliphatic heterocycles. The van der Waals surface area contributed by atoms with Gasteiger partial charge in [0, 0.05) is 21.3 Å². The topological polar surface area (TPSA) is 75.7 Å². The Kier molecular flexibility index (Phi) is 8.27. The number of carbonyl (C=O) groups excluding carboxylic acids is 3. The summed E-state index contributed by atoms with van der Waals surface area (Å²) in [6.45, 7) is 5.64. The van der Waals surface area contributed by atoms with E-state index in [2.05, 4.69) is 5.32 Å². The Bertz CT molecular complexity index is 1410. The van der Waals surface area contributed by atoms with Gasteiger partial charge >= 0.3 is 0 Å². The first-order valence-corrected chi connectivity index (χ1v) is 13.0. The van der Waals surface area contributed by atoms with Gasteiger partial charge in [-0.25, -0.2) is 0 Å². The Morgan fingerprint density at radius 3 is 2.41 bits per heavy atom. The van der Waals surface area contributed by atoms with Crippen LogP contribution in [0.25, 0.3) is 6.08 Å². The number of thioether (sulfide) groups is 1. The lowest BCUT2D eigenvalue weighted by Gasteiger charge is -2.16. The molecule has 1 heterocycles. The molecule has 3 aromatic rings. The molecule has 4 rings (SSSR count). The Hall–Kier alpha value is -3.26. The summed E-state index contributed by atoms with van der Waals surface area (Å²) in [6, 6.07) is 16.2. The molecule has 1 fully saturated rings. The number of imide groups is 1. The number of ether oxygens (including phenoxy) is 1. The lowest BCUT2D eigenvalue weighted by molar-refractivity contribution is -0.127. The second-order valence-electron chi connectivity index (χ2n) is 8.69. The van der Waals surface area contributed by atoms with Gasteiger partial charge in [-0.2, -0.15) is 0 Å². The molecule has 0 atom stereocenters. The maximum atomic E-state index is 13.0. The summed E-state index contributed by atoms with van der Waals surface area (Å²) < 4.78 is 5.95. The third-order valence-corrected chi connectivity index (χ3v) is 7.04. The quantitative estimate of drug-likeness (QED) is 0.313. The number of amides is 3. The summed E-state index contributed by atoms with van der Waals surface area (Å²) >= 11 is 13.0. The van der Waals surface area contributed by atoms with Crippen molar-refractivity contribution in [3.63, 3.8) is 0 Å². The van der Waals surface area contributed by atoms with Crippen molar-refractivity contribution in [1.82, 2.24) is 4.90 Å². The van der Waals surface area contributed by atoms with E-state index in [0.717, 1.165) is 38.9 Å². The fourth-order valence-electron chi connectivity index (χ4n) is 4.03. The van der Waals surface area contributed by atoms with Crippen molar-refractivity contribution in [3.05, 3.63) is 97.4 Å². The van der Waals surface area contributed by atoms with Gasteiger partial charge in [0.25, 0.3) is 11.1 Å². The molecule has 1 N–H and O–H groups in total. The Balaban J connectivity index is 1.49. The van der Waals surface area contributed by atoms with Crippen molar-refractivity contribution in [3.8, 4) is 5.75 Å². The Labute approximate surface area is 229 Å². The largest absolute Gasteiger partial charge is 0.488 e. The van der Waals surface area contributed by atoms with E-state index in [1.54, 1.807) is 36.4 Å². The first-order chi connectivity index (χ1) is 17.6. The average Bonchev–Trinajstić information content (AvgIpc) is 3.08. The number of carbonyl (C=O) groups is 3. The molecule has 6 nitrogen and oxygen atoms in total. The van der Waals surface area contributed by atoms with E-state index in [-0.39, 0.29) is 18.1 Å². The number of rotatable bonds is 7. The molecule has 0 bridgehead atoms. The van der Waals surface area contributed by atoms with Crippen LogP contribution in [-0.4, -0.2) is 28.5 Å². The van der Waals surface area contributed by atoms with Gasteiger partial charge in [0.2, 0.25) is 5.91 Å². The molecule has 0 aromatic heterocycles. The van der Waals surface area contributed by atoms with Gasteiger partial charge in [-0.3, -0.25) is 19.3 Å². The molecule has 0 radical (unpaired) electrons. The number of hydrogen-bond donors (Lipinski definition) is 1. The Morgan fingerprint density at radius 2 is 1.70 bits per heavy atom. The summed E-state index contributed by atoms with van der Waals surface area (Å²) in [5, 5.41) is 3.36. The molecule has 190 valence electrons. The van der Waals surface area contributed by atoms with E-state index >= 15 is 0 Å². The molecular weight excluding hydrogens is 531 g/mol. The van der Waals surface area contributed by atoms with Crippen LogP contribution in [0.2, 0.25) is 10.0 Å². The van der Waals surface area contributed by atoms with Crippen LogP contribution < -0.4 is 10.1 Å². The van der Waals surface area contributed by atoms with Crippen molar-refractivity contribution in [2.45, 2.75) is 27.4 Å². The fourth-order valence-corrected chi connectivity index (χ4v) is 5.25. The number of anilines is 1. The highest BCUT2D eigenvalue weighted by molar-refractivity contribution is 8.18. The van der Waals surface area contributed by atoms with E-state index in [1.807, 2.05) is 45.0 Å². The van der Waals surface area contributed by atoms with Crippen LogP contribution in [-0.2, 0) is 16.2 Å². The van der Waals surface area contributed by atoms with Crippen molar-refractivity contribution < 1.29 is 19.1 Å². The zero-order chi connectivity index (χ0) is 26.7. The van der Waals surface area contributed by atoms with Gasteiger partial charge in [0.05, 0.1) is 4.91 Å². The van der Waals surface area contributed by atoms with Gasteiger partial charge in [-0.15, -0.1) is 0 Å². The second kappa shape index (κ2) is 11.4. The predicted octanol–water partition coefficient (Wildman–Crippen LogP) is 7.17. The third kappa shape index (κ3) is 6.55. The van der Waals surface area contributed by atoms with E-state index in [1.165, 1.54) is 0 Å². The maximum absolute atomic E-state index is 13.0. The number of nitrogens with one attached hydrogen (secondary N) is 1. The average molecular weight is 555 g/mol. The van der Waals surface area contributed by atoms with Crippen LogP contribution in [0.1, 0.15) is 27.8 Å². The van der Waals surface area contributed by atoms with Crippen LogP contribution in [0.3, 0.4) is 0 Å². The summed E-state index contributed by atoms with van der Waals surface area (Å²) in [6.07, 6.45) is 1.55. The smallest absolute Gasteiger partial charge is 0.294 e. The Morgan fingerprint density at radius 1 is 1.00 bits per heavy atom. The number of halogens is 2. The lowest BCUT2D eigenvalue weighted by Crippen LogP contribution is -2.36. The minimum Gasteiger partial charge on any atom is -0.488 e. The van der Waals surface area contributed by atoms with Gasteiger partial charge in [0.1, 0.15) is 18.9 Å². The molecule has 0 spiro atoms. The van der Waals surface area contributed by atoms with E-state index in [0.29, 0.717) is 27.0 Å². The van der Waals surface area contributed by atoms with Crippen molar-refractivity contribution in [2.75, 3.05) is 11.9 Å². The van der Waals surface area contributed by atoms with Gasteiger partial charge in [-0.1, -0.05) is 53.0 Å². The maximum Gasteiger partial charge on any atom is 0.294 e. The van der Waals surface area contributed by atoms with Gasteiger partial charge < -0.3 is 10.1 Å². The summed E-state index contributed by atoms with van der Waals surface area (Å²) in [5.74, 6) is -0.519. The summed E-state index contributed by atoms with van der Waals surface area (Å²) in [5.41, 5.74) is 4.99. The van der Waals surface area contributed by atoms with Gasteiger partial charge in [-0.05, 0) is 85.6 Å². The highest BCUT2D eigenvalue weighted by Gasteiger charge is 2.36. The third-order valence-electron chi connectivity index (χ3n) is 5.66. The summed E-state index contributed by atoms with van der Waals surface area (Å²) in [7, 11) is 0. The minimum atomic E-state index is -0.553. The predicted molar refractivity (Wildman–Crippen MR) is 149 cm³/mol. The molecule has 3 amide bonds. The fraction of sp³-hybridized carbons (Fsp3) is 0.179. The van der Waals surface area contributed by atoms with Crippen molar-refractivity contribution in [1.29, 1.82) is 0 Å². The number of benzene rings is 3. The molecule has 0 saturated carbocycles. The molecule has 9 heteroatoms. The minimum absolute atomic E-state index is 0.176. The standard InChI is InChI=1S/C28H24Cl2N2O4S/c1-16-9-17(2)26(18(3)10-16)31-25(33)14-32-27(34)24(37-28(32)35)13-20-12-22(30)7-8-23(20)36-15-19-5-4-6-21(29)11-19/h4-13H,14-15H2,1-3H3,(H,31,33)/b24-13+. The number of hydrogen-bond acceptors (Lipinski definition) is 5. The zero-order valence-corrected chi connectivity index (χ0v) is 22.8. The van der Waals surface area contributed by atoms with E-state index < -0.39 is 17.1 Å². The molecule has 37 heavy (non-hydrogen) atoms. The van der Waals surface area contributed by atoms with Crippen LogP contribution >= 0.6 is 35.0 Å². The number of aryl methyl sites for hydroxylation is 3. The summed E-state index contributed by atoms with van der Waals surface area (Å²) in [4.78, 5) is 39.5. The second-order valence-corrected chi connectivity index (χ2v) is 10.6. The number of nitrogens with zero attached hydrogens (tertiary/aromatic N) is 1. The van der Waals surface area contributed by atoms with Crippen molar-refractivity contribution >= 4 is 63.8 Å². The van der Waals surface area contributed by atoms with Crippen LogP contribution in [0, 0.1) is 20.8 Å². The SMILES string of the molecule is Cc1cc(C)c(NC(=O)CN2C(=O)S/C(=C/c3cc(Cl)ccc3OCc3cccc(Cl)c3)C2=O)c(C)c1. The van der Waals surface area contributed by atoms with Crippen LogP contribution in [0.5, 0.6) is 5.75 Å². The normalized spacial score (nSPS) is 14.4. The van der Waals surface area contributed by atoms with E-state index in [9.17, 15) is 14.4 Å².